The third-order valence-electron chi connectivity index (χ3n) is 2.56. The summed E-state index contributed by atoms with van der Waals surface area (Å²) in [6.07, 6.45) is 0.661. The summed E-state index contributed by atoms with van der Waals surface area (Å²) in [5, 5.41) is 22.2. The van der Waals surface area contributed by atoms with Crippen molar-refractivity contribution in [2.45, 2.75) is 32.4 Å². The van der Waals surface area contributed by atoms with Gasteiger partial charge in [0, 0.05) is 24.3 Å². The number of aromatic hydroxyl groups is 1. The van der Waals surface area contributed by atoms with Crippen LogP contribution in [0, 0.1) is 0 Å². The quantitative estimate of drug-likeness (QED) is 0.744. The van der Waals surface area contributed by atoms with Crippen molar-refractivity contribution in [1.29, 1.82) is 0 Å². The lowest BCUT2D eigenvalue weighted by Crippen LogP contribution is -2.39. The highest BCUT2D eigenvalue weighted by Crippen LogP contribution is 2.27. The summed E-state index contributed by atoms with van der Waals surface area (Å²) in [6, 6.07) is 5.28. The lowest BCUT2D eigenvalue weighted by atomic mass is 10.0. The number of hydrogen-bond donors (Lipinski definition) is 3. The van der Waals surface area contributed by atoms with Gasteiger partial charge in [-0.05, 0) is 26.3 Å². The summed E-state index contributed by atoms with van der Waals surface area (Å²) in [7, 11) is 0. The van der Waals surface area contributed by atoms with E-state index in [1.54, 1.807) is 12.1 Å². The fourth-order valence-corrected chi connectivity index (χ4v) is 1.60. The van der Waals surface area contributed by atoms with E-state index in [9.17, 15) is 5.11 Å². The molecule has 4 heteroatoms. The fraction of sp³-hybridized carbons (Fsp3) is 0.500. The number of rotatable bonds is 5. The van der Waals surface area contributed by atoms with E-state index in [1.807, 2.05) is 19.9 Å². The van der Waals surface area contributed by atoms with Crippen molar-refractivity contribution in [2.75, 3.05) is 6.61 Å². The Morgan fingerprint density at radius 1 is 1.38 bits per heavy atom. The van der Waals surface area contributed by atoms with Gasteiger partial charge in [-0.25, -0.2) is 0 Å². The van der Waals surface area contributed by atoms with Crippen LogP contribution in [0.3, 0.4) is 0 Å². The minimum absolute atomic E-state index is 0.122. The summed E-state index contributed by atoms with van der Waals surface area (Å²) in [5.74, 6) is 0.122. The number of aliphatic hydroxyl groups is 1. The minimum Gasteiger partial charge on any atom is -0.506 e. The van der Waals surface area contributed by atoms with Crippen molar-refractivity contribution in [3.63, 3.8) is 0 Å². The molecule has 1 aromatic carbocycles. The van der Waals surface area contributed by atoms with Crippen LogP contribution < -0.4 is 5.32 Å². The van der Waals surface area contributed by atoms with Gasteiger partial charge in [-0.15, -0.1) is 0 Å². The summed E-state index contributed by atoms with van der Waals surface area (Å²) in [4.78, 5) is 0. The molecule has 3 nitrogen and oxygen atoms in total. The van der Waals surface area contributed by atoms with Crippen LogP contribution in [0.15, 0.2) is 18.2 Å². The molecular formula is C12H18ClNO2. The number of para-hydroxylation sites is 1. The van der Waals surface area contributed by atoms with Gasteiger partial charge in [0.05, 0.1) is 5.02 Å². The molecule has 0 aliphatic heterocycles. The highest BCUT2D eigenvalue weighted by Gasteiger charge is 2.16. The first-order chi connectivity index (χ1) is 7.46. The molecule has 1 rings (SSSR count). The van der Waals surface area contributed by atoms with Crippen LogP contribution in [0.25, 0.3) is 0 Å². The lowest BCUT2D eigenvalue weighted by Gasteiger charge is -2.25. The van der Waals surface area contributed by atoms with Crippen LogP contribution in [0.5, 0.6) is 5.75 Å². The number of hydrogen-bond acceptors (Lipinski definition) is 3. The highest BCUT2D eigenvalue weighted by atomic mass is 35.5. The molecule has 0 radical (unpaired) electrons. The van der Waals surface area contributed by atoms with Crippen LogP contribution in [-0.4, -0.2) is 22.4 Å². The largest absolute Gasteiger partial charge is 0.506 e. The summed E-state index contributed by atoms with van der Waals surface area (Å²) < 4.78 is 0. The number of phenolic OH excluding ortho intramolecular Hbond substituents is 1. The number of benzene rings is 1. The third-order valence-corrected chi connectivity index (χ3v) is 2.87. The summed E-state index contributed by atoms with van der Waals surface area (Å²) in [5.41, 5.74) is 0.599. The maximum absolute atomic E-state index is 9.70. The molecule has 0 aromatic heterocycles. The van der Waals surface area contributed by atoms with Crippen LogP contribution in [0.1, 0.15) is 25.8 Å². The van der Waals surface area contributed by atoms with Crippen molar-refractivity contribution in [3.8, 4) is 5.75 Å². The van der Waals surface area contributed by atoms with E-state index >= 15 is 0 Å². The minimum atomic E-state index is -0.163. The Balaban J connectivity index is 2.64. The number of phenols is 1. The maximum Gasteiger partial charge on any atom is 0.138 e. The van der Waals surface area contributed by atoms with E-state index < -0.39 is 0 Å². The van der Waals surface area contributed by atoms with Crippen LogP contribution in [-0.2, 0) is 6.54 Å². The summed E-state index contributed by atoms with van der Waals surface area (Å²) >= 11 is 5.81. The second-order valence-corrected chi connectivity index (χ2v) is 4.87. The molecule has 16 heavy (non-hydrogen) atoms. The normalized spacial score (nSPS) is 11.8. The van der Waals surface area contributed by atoms with Gasteiger partial charge in [-0.3, -0.25) is 0 Å². The first-order valence-electron chi connectivity index (χ1n) is 5.28. The Bertz CT molecular complexity index is 353. The van der Waals surface area contributed by atoms with E-state index in [0.717, 1.165) is 5.56 Å². The van der Waals surface area contributed by atoms with E-state index in [0.29, 0.717) is 18.0 Å². The zero-order valence-electron chi connectivity index (χ0n) is 9.63. The molecule has 0 atom stereocenters. The molecule has 0 aliphatic carbocycles. The van der Waals surface area contributed by atoms with E-state index in [2.05, 4.69) is 5.32 Å². The van der Waals surface area contributed by atoms with Gasteiger partial charge in [0.25, 0.3) is 0 Å². The highest BCUT2D eigenvalue weighted by molar-refractivity contribution is 6.32. The zero-order chi connectivity index (χ0) is 12.2. The first kappa shape index (κ1) is 13.3. The Labute approximate surface area is 101 Å². The molecule has 0 fully saturated rings. The molecule has 0 amide bonds. The van der Waals surface area contributed by atoms with Gasteiger partial charge in [0.2, 0.25) is 0 Å². The molecule has 0 bridgehead atoms. The van der Waals surface area contributed by atoms with Gasteiger partial charge in [0.15, 0.2) is 0 Å². The third kappa shape index (κ3) is 3.67. The van der Waals surface area contributed by atoms with Crippen molar-refractivity contribution in [1.82, 2.24) is 5.32 Å². The second-order valence-electron chi connectivity index (χ2n) is 4.46. The van der Waals surface area contributed by atoms with Crippen LogP contribution in [0.4, 0.5) is 0 Å². The molecule has 0 saturated carbocycles. The van der Waals surface area contributed by atoms with E-state index in [-0.39, 0.29) is 17.9 Å². The molecule has 90 valence electrons. The van der Waals surface area contributed by atoms with Crippen LogP contribution in [0.2, 0.25) is 5.02 Å². The van der Waals surface area contributed by atoms with Gasteiger partial charge in [-0.1, -0.05) is 23.7 Å². The van der Waals surface area contributed by atoms with E-state index in [4.69, 9.17) is 16.7 Å². The predicted octanol–water partition coefficient (Wildman–Crippen LogP) is 2.30. The van der Waals surface area contributed by atoms with Crippen LogP contribution >= 0.6 is 11.6 Å². The molecular weight excluding hydrogens is 226 g/mol. The average Bonchev–Trinajstić information content (AvgIpc) is 2.20. The topological polar surface area (TPSA) is 52.5 Å². The van der Waals surface area contributed by atoms with Crippen molar-refractivity contribution < 1.29 is 10.2 Å². The Hall–Kier alpha value is -0.770. The summed E-state index contributed by atoms with van der Waals surface area (Å²) in [6.45, 7) is 4.68. The first-order valence-corrected chi connectivity index (χ1v) is 5.66. The van der Waals surface area contributed by atoms with Gasteiger partial charge in [0.1, 0.15) is 5.75 Å². The zero-order valence-corrected chi connectivity index (χ0v) is 10.4. The molecule has 0 heterocycles. The monoisotopic (exact) mass is 243 g/mol. The SMILES string of the molecule is CC(C)(CCO)NCc1cccc(Cl)c1O. The molecule has 3 N–H and O–H groups in total. The second kappa shape index (κ2) is 5.53. The van der Waals surface area contributed by atoms with Crippen molar-refractivity contribution >= 4 is 11.6 Å². The molecule has 0 spiro atoms. The fourth-order valence-electron chi connectivity index (χ4n) is 1.41. The molecule has 0 aliphatic rings. The molecule has 1 aromatic rings. The number of aliphatic hydroxyl groups excluding tert-OH is 1. The standard InChI is InChI=1S/C12H18ClNO2/c1-12(2,6-7-15)14-8-9-4-3-5-10(13)11(9)16/h3-5,14-16H,6-8H2,1-2H3. The Morgan fingerprint density at radius 3 is 2.69 bits per heavy atom. The smallest absolute Gasteiger partial charge is 0.138 e. The predicted molar refractivity (Wildman–Crippen MR) is 65.7 cm³/mol. The van der Waals surface area contributed by atoms with Gasteiger partial charge in [-0.2, -0.15) is 0 Å². The van der Waals surface area contributed by atoms with Crippen molar-refractivity contribution in [3.05, 3.63) is 28.8 Å². The molecule has 0 unspecified atom stereocenters. The van der Waals surface area contributed by atoms with Gasteiger partial charge < -0.3 is 15.5 Å². The number of halogens is 1. The average molecular weight is 244 g/mol. The maximum atomic E-state index is 9.70. The van der Waals surface area contributed by atoms with E-state index in [1.165, 1.54) is 0 Å². The lowest BCUT2D eigenvalue weighted by molar-refractivity contribution is 0.229. The Kier molecular flexibility index (Phi) is 4.59. The van der Waals surface area contributed by atoms with Gasteiger partial charge >= 0.3 is 0 Å². The Morgan fingerprint density at radius 2 is 2.06 bits per heavy atom. The molecule has 0 saturated heterocycles. The van der Waals surface area contributed by atoms with Crippen molar-refractivity contribution in [2.24, 2.45) is 0 Å². The number of nitrogens with one attached hydrogen (secondary N) is 1.